The summed E-state index contributed by atoms with van der Waals surface area (Å²) in [5.41, 5.74) is 0.294. The first-order chi connectivity index (χ1) is 24.8. The Hall–Kier alpha value is -2.38. The quantitative estimate of drug-likeness (QED) is 0.0318. The maximum absolute atomic E-state index is 11.9. The minimum Gasteiger partial charge on any atom is -0.457 e. The molecule has 0 atom stereocenters. The number of carbonyl (C=O) groups excluding carboxylic acids is 2. The summed E-state index contributed by atoms with van der Waals surface area (Å²) in [6.45, 7) is 14.8. The van der Waals surface area contributed by atoms with Crippen LogP contribution in [0.5, 0.6) is 0 Å². The van der Waals surface area contributed by atoms with E-state index < -0.39 is 11.8 Å². The van der Waals surface area contributed by atoms with Crippen LogP contribution in [0.3, 0.4) is 0 Å². The van der Waals surface area contributed by atoms with E-state index in [1.165, 1.54) is 0 Å². The predicted molar refractivity (Wildman–Crippen MR) is 182 cm³/mol. The van der Waals surface area contributed by atoms with Crippen molar-refractivity contribution in [2.75, 3.05) is 165 Å². The molecule has 0 aliphatic heterocycles. The van der Waals surface area contributed by atoms with E-state index in [0.29, 0.717) is 158 Å². The Labute approximate surface area is 296 Å². The second kappa shape index (κ2) is 37.9. The number of ether oxygens (including phenoxy) is 13. The van der Waals surface area contributed by atoms with Gasteiger partial charge in [-0.1, -0.05) is 36.4 Å². The van der Waals surface area contributed by atoms with Gasteiger partial charge in [0.05, 0.1) is 159 Å². The largest absolute Gasteiger partial charge is 0.457 e. The summed E-state index contributed by atoms with van der Waals surface area (Å²) in [7, 11) is 0. The maximum Gasteiger partial charge on any atom is 0.379 e. The van der Waals surface area contributed by atoms with Crippen LogP contribution in [0.4, 0.5) is 0 Å². The molecule has 1 aromatic carbocycles. The molecule has 0 radical (unpaired) electrons. The Morgan fingerprint density at radius 1 is 0.400 bits per heavy atom. The van der Waals surface area contributed by atoms with Crippen molar-refractivity contribution in [1.29, 1.82) is 0 Å². The van der Waals surface area contributed by atoms with Crippen LogP contribution in [0, 0.1) is 0 Å². The third-order valence-electron chi connectivity index (χ3n) is 6.01. The van der Waals surface area contributed by atoms with Gasteiger partial charge in [0.25, 0.3) is 5.78 Å². The molecule has 1 rings (SSSR count). The molecule has 0 aromatic heterocycles. The fourth-order valence-electron chi connectivity index (χ4n) is 3.55. The first kappa shape index (κ1) is 45.6. The molecular weight excluding hydrogens is 660 g/mol. The SMILES string of the molecule is C=CCOCCOCCOCCOCCOCCOCCOCCOCCOCCOCCOCCOCCOC(=O)C(=O)c1ccccc1. The summed E-state index contributed by atoms with van der Waals surface area (Å²) >= 11 is 0. The van der Waals surface area contributed by atoms with Gasteiger partial charge in [-0.2, -0.15) is 0 Å². The van der Waals surface area contributed by atoms with Gasteiger partial charge in [0.15, 0.2) is 0 Å². The lowest BCUT2D eigenvalue weighted by molar-refractivity contribution is -0.139. The van der Waals surface area contributed by atoms with Crippen molar-refractivity contribution in [3.05, 3.63) is 48.6 Å². The van der Waals surface area contributed by atoms with Crippen molar-refractivity contribution < 1.29 is 71.2 Å². The molecule has 0 saturated heterocycles. The van der Waals surface area contributed by atoms with Crippen LogP contribution in [0.15, 0.2) is 43.0 Å². The lowest BCUT2D eigenvalue weighted by Crippen LogP contribution is -2.20. The summed E-state index contributed by atoms with van der Waals surface area (Å²) in [6, 6.07) is 8.25. The van der Waals surface area contributed by atoms with Crippen LogP contribution < -0.4 is 0 Å². The molecule has 0 fully saturated rings. The van der Waals surface area contributed by atoms with Gasteiger partial charge >= 0.3 is 5.97 Å². The molecule has 0 aliphatic rings. The lowest BCUT2D eigenvalue weighted by atomic mass is 10.1. The molecule has 0 amide bonds. The zero-order valence-corrected chi connectivity index (χ0v) is 29.5. The minimum absolute atomic E-state index is 0.00446. The van der Waals surface area contributed by atoms with Crippen LogP contribution in [0.2, 0.25) is 0 Å². The number of rotatable bonds is 40. The zero-order valence-electron chi connectivity index (χ0n) is 29.5. The Morgan fingerprint density at radius 3 is 0.940 bits per heavy atom. The fourth-order valence-corrected chi connectivity index (χ4v) is 3.55. The number of esters is 1. The van der Waals surface area contributed by atoms with Crippen molar-refractivity contribution in [1.82, 2.24) is 0 Å². The van der Waals surface area contributed by atoms with Crippen molar-refractivity contribution in [2.24, 2.45) is 0 Å². The molecule has 0 saturated carbocycles. The second-order valence-corrected chi connectivity index (χ2v) is 9.93. The molecule has 0 spiro atoms. The van der Waals surface area contributed by atoms with Crippen molar-refractivity contribution in [3.63, 3.8) is 0 Å². The Balaban J connectivity index is 1.65. The van der Waals surface area contributed by atoms with E-state index in [9.17, 15) is 9.59 Å². The molecule has 50 heavy (non-hydrogen) atoms. The van der Waals surface area contributed by atoms with E-state index in [1.807, 2.05) is 0 Å². The Kier molecular flexibility index (Phi) is 34.6. The predicted octanol–water partition coefficient (Wildman–Crippen LogP) is 1.80. The molecule has 1 aromatic rings. The Bertz CT molecular complexity index is 890. The molecular formula is C35H58O15. The summed E-state index contributed by atoms with van der Waals surface area (Å²) in [4.78, 5) is 23.6. The highest BCUT2D eigenvalue weighted by Crippen LogP contribution is 2.01. The number of hydrogen-bond acceptors (Lipinski definition) is 15. The summed E-state index contributed by atoms with van der Waals surface area (Å²) in [5, 5.41) is 0. The van der Waals surface area contributed by atoms with Crippen molar-refractivity contribution in [2.45, 2.75) is 0 Å². The molecule has 15 nitrogen and oxygen atoms in total. The van der Waals surface area contributed by atoms with E-state index in [-0.39, 0.29) is 13.2 Å². The molecule has 0 aliphatic carbocycles. The van der Waals surface area contributed by atoms with Crippen LogP contribution >= 0.6 is 0 Å². The standard InChI is InChI=1S/C35H58O15/c1-2-8-38-9-10-39-11-12-40-13-14-41-15-16-42-17-18-43-19-20-44-21-22-45-23-24-46-25-26-47-27-28-48-29-30-49-31-32-50-35(37)34(36)33-6-4-3-5-7-33/h2-7H,1,8-32H2. The van der Waals surface area contributed by atoms with Gasteiger partial charge < -0.3 is 61.6 Å². The summed E-state index contributed by atoms with van der Waals surface area (Å²) < 4.78 is 69.9. The van der Waals surface area contributed by atoms with Crippen LogP contribution in [0.1, 0.15) is 10.4 Å². The average Bonchev–Trinajstić information content (AvgIpc) is 3.14. The molecule has 0 bridgehead atoms. The minimum atomic E-state index is -0.899. The van der Waals surface area contributed by atoms with E-state index in [0.717, 1.165) is 0 Å². The van der Waals surface area contributed by atoms with Crippen molar-refractivity contribution in [3.8, 4) is 0 Å². The first-order valence-electron chi connectivity index (χ1n) is 17.1. The second-order valence-electron chi connectivity index (χ2n) is 9.93. The van der Waals surface area contributed by atoms with Gasteiger partial charge in [0, 0.05) is 5.56 Å². The highest BCUT2D eigenvalue weighted by atomic mass is 16.6. The summed E-state index contributed by atoms with van der Waals surface area (Å²) in [6.07, 6.45) is 1.71. The van der Waals surface area contributed by atoms with E-state index in [1.54, 1.807) is 36.4 Å². The normalized spacial score (nSPS) is 11.2. The number of ketones is 1. The summed E-state index contributed by atoms with van der Waals surface area (Å²) in [5.74, 6) is -1.58. The van der Waals surface area contributed by atoms with Gasteiger partial charge in [-0.05, 0) is 0 Å². The zero-order chi connectivity index (χ0) is 35.8. The molecule has 0 heterocycles. The monoisotopic (exact) mass is 718 g/mol. The van der Waals surface area contributed by atoms with E-state index >= 15 is 0 Å². The fraction of sp³-hybridized carbons (Fsp3) is 0.714. The van der Waals surface area contributed by atoms with Crippen LogP contribution in [-0.4, -0.2) is 177 Å². The third kappa shape index (κ3) is 31.6. The van der Waals surface area contributed by atoms with Gasteiger partial charge in [0.2, 0.25) is 0 Å². The number of hydrogen-bond donors (Lipinski definition) is 0. The van der Waals surface area contributed by atoms with Gasteiger partial charge in [-0.25, -0.2) is 4.79 Å². The smallest absolute Gasteiger partial charge is 0.379 e. The topological polar surface area (TPSA) is 154 Å². The number of benzene rings is 1. The van der Waals surface area contributed by atoms with E-state index in [4.69, 9.17) is 61.6 Å². The molecule has 288 valence electrons. The van der Waals surface area contributed by atoms with Gasteiger partial charge in [0.1, 0.15) is 6.61 Å². The van der Waals surface area contributed by atoms with Gasteiger partial charge in [-0.3, -0.25) is 4.79 Å². The van der Waals surface area contributed by atoms with Crippen molar-refractivity contribution >= 4 is 11.8 Å². The highest BCUT2D eigenvalue weighted by Gasteiger charge is 2.17. The lowest BCUT2D eigenvalue weighted by Gasteiger charge is -2.09. The highest BCUT2D eigenvalue weighted by molar-refractivity contribution is 6.40. The van der Waals surface area contributed by atoms with Crippen LogP contribution in [0.25, 0.3) is 0 Å². The maximum atomic E-state index is 11.9. The number of Topliss-reactive ketones (excluding diaryl/α,β-unsaturated/α-hetero) is 1. The first-order valence-corrected chi connectivity index (χ1v) is 17.1. The van der Waals surface area contributed by atoms with E-state index in [2.05, 4.69) is 6.58 Å². The third-order valence-corrected chi connectivity index (χ3v) is 6.01. The molecule has 15 heteroatoms. The van der Waals surface area contributed by atoms with Gasteiger partial charge in [-0.15, -0.1) is 6.58 Å². The molecule has 0 unspecified atom stereocenters. The number of carbonyl (C=O) groups is 2. The Morgan fingerprint density at radius 2 is 0.660 bits per heavy atom. The molecule has 0 N–H and O–H groups in total. The average molecular weight is 719 g/mol. The van der Waals surface area contributed by atoms with Crippen LogP contribution in [-0.2, 0) is 66.4 Å².